The lowest BCUT2D eigenvalue weighted by atomic mass is 10.1. The van der Waals surface area contributed by atoms with Crippen molar-refractivity contribution in [2.45, 2.75) is 13.0 Å². The molecule has 3 amide bonds. The van der Waals surface area contributed by atoms with Crippen molar-refractivity contribution in [2.75, 3.05) is 5.32 Å². The molecular weight excluding hydrogens is 324 g/mol. The van der Waals surface area contributed by atoms with Gasteiger partial charge < -0.3 is 10.4 Å². The molecule has 0 fully saturated rings. The summed E-state index contributed by atoms with van der Waals surface area (Å²) in [7, 11) is 0. The van der Waals surface area contributed by atoms with E-state index in [1.807, 2.05) is 0 Å². The van der Waals surface area contributed by atoms with Crippen molar-refractivity contribution in [3.63, 3.8) is 0 Å². The average molecular weight is 338 g/mol. The summed E-state index contributed by atoms with van der Waals surface area (Å²) in [5.41, 5.74) is 1.01. The van der Waals surface area contributed by atoms with E-state index < -0.39 is 29.7 Å². The zero-order chi connectivity index (χ0) is 18.1. The summed E-state index contributed by atoms with van der Waals surface area (Å²) in [6.07, 6.45) is 0. The van der Waals surface area contributed by atoms with Crippen LogP contribution in [0.1, 0.15) is 38.0 Å². The lowest BCUT2D eigenvalue weighted by Crippen LogP contribution is -2.45. The first-order valence-corrected chi connectivity index (χ1v) is 7.51. The molecule has 1 aliphatic rings. The highest BCUT2D eigenvalue weighted by Gasteiger charge is 2.40. The molecular formula is C18H14N2O5. The van der Waals surface area contributed by atoms with Crippen molar-refractivity contribution in [1.29, 1.82) is 0 Å². The topological polar surface area (TPSA) is 104 Å². The Hall–Kier alpha value is -3.48. The Balaban J connectivity index is 1.76. The van der Waals surface area contributed by atoms with Gasteiger partial charge in [0.1, 0.15) is 6.04 Å². The third-order valence-corrected chi connectivity index (χ3v) is 3.99. The number of nitrogens with one attached hydrogen (secondary N) is 1. The average Bonchev–Trinajstić information content (AvgIpc) is 2.86. The SMILES string of the molecule is C[C@@H](C(=O)Nc1ccc(C(=O)O)cc1)N1C(=O)c2ccccc2C1=O. The number of carboxylic acid groups (broad SMARTS) is 1. The van der Waals surface area contributed by atoms with Gasteiger partial charge in [-0.1, -0.05) is 12.1 Å². The van der Waals surface area contributed by atoms with Gasteiger partial charge in [-0.25, -0.2) is 4.79 Å². The van der Waals surface area contributed by atoms with Gasteiger partial charge in [-0.2, -0.15) is 0 Å². The van der Waals surface area contributed by atoms with Crippen LogP contribution < -0.4 is 5.32 Å². The molecule has 2 aromatic rings. The Kier molecular flexibility index (Phi) is 4.06. The Morgan fingerprint density at radius 1 is 0.960 bits per heavy atom. The van der Waals surface area contributed by atoms with Crippen LogP contribution in [0.25, 0.3) is 0 Å². The third kappa shape index (κ3) is 2.87. The zero-order valence-electron chi connectivity index (χ0n) is 13.2. The van der Waals surface area contributed by atoms with Crippen LogP contribution in [0.2, 0.25) is 0 Å². The number of carbonyl (C=O) groups is 4. The van der Waals surface area contributed by atoms with Gasteiger partial charge in [-0.3, -0.25) is 19.3 Å². The molecule has 3 rings (SSSR count). The van der Waals surface area contributed by atoms with Crippen molar-refractivity contribution < 1.29 is 24.3 Å². The number of anilines is 1. The Labute approximate surface area is 142 Å². The number of hydrogen-bond acceptors (Lipinski definition) is 4. The van der Waals surface area contributed by atoms with E-state index >= 15 is 0 Å². The second-order valence-electron chi connectivity index (χ2n) is 5.57. The molecule has 0 unspecified atom stereocenters. The minimum atomic E-state index is -1.07. The molecule has 2 aromatic carbocycles. The van der Waals surface area contributed by atoms with Crippen molar-refractivity contribution in [2.24, 2.45) is 0 Å². The maximum Gasteiger partial charge on any atom is 0.335 e. The van der Waals surface area contributed by atoms with E-state index in [0.717, 1.165) is 4.90 Å². The number of hydrogen-bond donors (Lipinski definition) is 2. The largest absolute Gasteiger partial charge is 0.478 e. The molecule has 25 heavy (non-hydrogen) atoms. The number of fused-ring (bicyclic) bond motifs is 1. The summed E-state index contributed by atoms with van der Waals surface area (Å²) in [5.74, 6) is -2.64. The first kappa shape index (κ1) is 16.4. The highest BCUT2D eigenvalue weighted by molar-refractivity contribution is 6.23. The monoisotopic (exact) mass is 338 g/mol. The van der Waals surface area contributed by atoms with E-state index in [1.54, 1.807) is 24.3 Å². The van der Waals surface area contributed by atoms with Gasteiger partial charge in [0.2, 0.25) is 5.91 Å². The van der Waals surface area contributed by atoms with Crippen LogP contribution in [0.5, 0.6) is 0 Å². The number of aromatic carboxylic acids is 1. The Bertz CT molecular complexity index is 854. The molecule has 7 nitrogen and oxygen atoms in total. The Morgan fingerprint density at radius 3 is 1.96 bits per heavy atom. The maximum atomic E-state index is 12.4. The van der Waals surface area contributed by atoms with E-state index in [4.69, 9.17) is 5.11 Å². The molecule has 0 aromatic heterocycles. The minimum absolute atomic E-state index is 0.0893. The van der Waals surface area contributed by atoms with Gasteiger partial charge in [-0.05, 0) is 43.3 Å². The third-order valence-electron chi connectivity index (χ3n) is 3.99. The van der Waals surface area contributed by atoms with Crippen LogP contribution in [0, 0.1) is 0 Å². The fourth-order valence-electron chi connectivity index (χ4n) is 2.62. The number of amides is 3. The highest BCUT2D eigenvalue weighted by atomic mass is 16.4. The first-order chi connectivity index (χ1) is 11.9. The van der Waals surface area contributed by atoms with Gasteiger partial charge in [0, 0.05) is 5.69 Å². The molecule has 7 heteroatoms. The van der Waals surface area contributed by atoms with Crippen LogP contribution in [0.15, 0.2) is 48.5 Å². The van der Waals surface area contributed by atoms with E-state index in [9.17, 15) is 19.2 Å². The van der Waals surface area contributed by atoms with Gasteiger partial charge >= 0.3 is 5.97 Å². The molecule has 0 bridgehead atoms. The Morgan fingerprint density at radius 2 is 1.48 bits per heavy atom. The van der Waals surface area contributed by atoms with Crippen LogP contribution in [-0.4, -0.2) is 39.7 Å². The van der Waals surface area contributed by atoms with Crippen molar-refractivity contribution in [3.8, 4) is 0 Å². The minimum Gasteiger partial charge on any atom is -0.478 e. The predicted octanol–water partition coefficient (Wildman–Crippen LogP) is 2.01. The number of carboxylic acids is 1. The van der Waals surface area contributed by atoms with Gasteiger partial charge in [0.25, 0.3) is 11.8 Å². The molecule has 0 spiro atoms. The predicted molar refractivity (Wildman–Crippen MR) is 88.4 cm³/mol. The quantitative estimate of drug-likeness (QED) is 0.830. The molecule has 2 N–H and O–H groups in total. The highest BCUT2D eigenvalue weighted by Crippen LogP contribution is 2.25. The summed E-state index contributed by atoms with van der Waals surface area (Å²) in [6.45, 7) is 1.46. The summed E-state index contributed by atoms with van der Waals surface area (Å²) >= 11 is 0. The summed E-state index contributed by atoms with van der Waals surface area (Å²) in [4.78, 5) is 48.9. The summed E-state index contributed by atoms with van der Waals surface area (Å²) in [6, 6.07) is 11.0. The number of carbonyl (C=O) groups excluding carboxylic acids is 3. The molecule has 0 saturated heterocycles. The first-order valence-electron chi connectivity index (χ1n) is 7.51. The van der Waals surface area contributed by atoms with Crippen molar-refractivity contribution >= 4 is 29.4 Å². The molecule has 1 atom stereocenters. The van der Waals surface area contributed by atoms with E-state index in [1.165, 1.54) is 31.2 Å². The fourth-order valence-corrected chi connectivity index (χ4v) is 2.62. The fraction of sp³-hybridized carbons (Fsp3) is 0.111. The number of rotatable bonds is 4. The van der Waals surface area contributed by atoms with Crippen LogP contribution in [-0.2, 0) is 4.79 Å². The van der Waals surface area contributed by atoms with E-state index in [-0.39, 0.29) is 16.7 Å². The van der Waals surface area contributed by atoms with Gasteiger partial charge in [-0.15, -0.1) is 0 Å². The number of nitrogens with zero attached hydrogens (tertiary/aromatic N) is 1. The number of benzene rings is 2. The molecule has 0 saturated carbocycles. The maximum absolute atomic E-state index is 12.4. The summed E-state index contributed by atoms with van der Waals surface area (Å²) < 4.78 is 0. The second kappa shape index (κ2) is 6.20. The van der Waals surface area contributed by atoms with Gasteiger partial charge in [0.05, 0.1) is 16.7 Å². The van der Waals surface area contributed by atoms with Crippen molar-refractivity contribution in [1.82, 2.24) is 4.90 Å². The van der Waals surface area contributed by atoms with Gasteiger partial charge in [0.15, 0.2) is 0 Å². The molecule has 0 radical (unpaired) electrons. The normalized spacial score (nSPS) is 14.2. The molecule has 126 valence electrons. The summed E-state index contributed by atoms with van der Waals surface area (Å²) in [5, 5.41) is 11.4. The van der Waals surface area contributed by atoms with E-state index in [0.29, 0.717) is 5.69 Å². The molecule has 0 aliphatic carbocycles. The van der Waals surface area contributed by atoms with Crippen LogP contribution in [0.4, 0.5) is 5.69 Å². The second-order valence-corrected chi connectivity index (χ2v) is 5.57. The smallest absolute Gasteiger partial charge is 0.335 e. The number of imide groups is 1. The van der Waals surface area contributed by atoms with Crippen molar-refractivity contribution in [3.05, 3.63) is 65.2 Å². The lowest BCUT2D eigenvalue weighted by molar-refractivity contribution is -0.119. The standard InChI is InChI=1S/C18H14N2O5/c1-10(15(21)19-12-8-6-11(7-9-12)18(24)25)20-16(22)13-4-2-3-5-14(13)17(20)23/h2-10H,1H3,(H,19,21)(H,24,25)/t10-/m0/s1. The van der Waals surface area contributed by atoms with Crippen LogP contribution in [0.3, 0.4) is 0 Å². The zero-order valence-corrected chi connectivity index (χ0v) is 13.2. The van der Waals surface area contributed by atoms with Crippen LogP contribution >= 0.6 is 0 Å². The lowest BCUT2D eigenvalue weighted by Gasteiger charge is -2.21. The molecule has 1 aliphatic heterocycles. The van der Waals surface area contributed by atoms with E-state index in [2.05, 4.69) is 5.32 Å². The molecule has 1 heterocycles.